The van der Waals surface area contributed by atoms with Crippen LogP contribution in [0.5, 0.6) is 0 Å². The first-order chi connectivity index (χ1) is 32.2. The topological polar surface area (TPSA) is 50.7 Å². The number of hydrogen-bond acceptors (Lipinski definition) is 6. The van der Waals surface area contributed by atoms with Crippen LogP contribution in [0, 0.1) is 0 Å². The minimum Gasteiger partial charge on any atom is -0.252 e. The van der Waals surface area contributed by atoms with Gasteiger partial charge in [0.2, 0.25) is 35.0 Å². The fourth-order valence-corrected chi connectivity index (χ4v) is 4.85. The van der Waals surface area contributed by atoms with Crippen molar-refractivity contribution in [2.45, 2.75) is 95.4 Å². The summed E-state index contributed by atoms with van der Waals surface area (Å²) in [5.74, 6) is -138. The maximum absolute atomic E-state index is 16.2. The standard InChI is InChI=1S/C28H2F40N4O2/c29-5-7(31)11(35)71(73-27(65,66)23(55,56)19(47,48)15(39,40)17(43,44)21(51,52)25(59,60)61)13(37,9(5)33)3-1-69-4(2-70-3)14(38)10(34)6(30)8(32)12(36)72(14)74-28(67,68)24(57,58)20(49,50)16(41,42)18(45,46)22(53,54)26(62,63)64/h1-2H. The molecule has 1 aromatic rings. The fraction of sp³-hybridized carbons (Fsp3) is 0.571. The van der Waals surface area contributed by atoms with Gasteiger partial charge in [-0.2, -0.15) is 169 Å². The summed E-state index contributed by atoms with van der Waals surface area (Å²) < 4.78 is 557. The molecule has 426 valence electrons. The first-order valence-corrected chi connectivity index (χ1v) is 16.3. The predicted octanol–water partition coefficient (Wildman–Crippen LogP) is 14.4. The van der Waals surface area contributed by atoms with Gasteiger partial charge in [-0.05, 0) is 0 Å². The molecule has 0 aliphatic carbocycles. The largest absolute Gasteiger partial charge is 0.460 e. The first-order valence-electron chi connectivity index (χ1n) is 16.3. The molecule has 0 saturated heterocycles. The third kappa shape index (κ3) is 7.93. The molecular formula is C28H2F40N4O2. The minimum absolute atomic E-state index is 1.59. The van der Waals surface area contributed by atoms with Crippen LogP contribution in [0.3, 0.4) is 0 Å². The summed E-state index contributed by atoms with van der Waals surface area (Å²) in [5.41, 5.74) is -6.64. The highest BCUT2D eigenvalue weighted by Gasteiger charge is 2.96. The number of hydrogen-bond donors (Lipinski definition) is 0. The quantitative estimate of drug-likeness (QED) is 0.121. The summed E-state index contributed by atoms with van der Waals surface area (Å²) in [7, 11) is 0. The molecule has 46 heteroatoms. The lowest BCUT2D eigenvalue weighted by Gasteiger charge is -2.43. The Bertz CT molecular complexity index is 2320. The van der Waals surface area contributed by atoms with Crippen LogP contribution in [0.2, 0.25) is 0 Å². The van der Waals surface area contributed by atoms with Gasteiger partial charge < -0.3 is 0 Å². The maximum Gasteiger partial charge on any atom is 0.460 e. The van der Waals surface area contributed by atoms with Crippen LogP contribution in [0.15, 0.2) is 59.3 Å². The summed E-state index contributed by atoms with van der Waals surface area (Å²) >= 11 is 0. The molecule has 0 saturated carbocycles. The molecule has 74 heavy (non-hydrogen) atoms. The van der Waals surface area contributed by atoms with E-state index in [9.17, 15) is 167 Å². The van der Waals surface area contributed by atoms with Gasteiger partial charge in [0, 0.05) is 0 Å². The molecule has 0 spiro atoms. The van der Waals surface area contributed by atoms with E-state index in [4.69, 9.17) is 0 Å². The van der Waals surface area contributed by atoms with E-state index in [1.54, 1.807) is 0 Å². The maximum atomic E-state index is 16.2. The van der Waals surface area contributed by atoms with Crippen LogP contribution in [0.1, 0.15) is 11.4 Å². The van der Waals surface area contributed by atoms with Crippen molar-refractivity contribution < 1.29 is 185 Å². The average molecular weight is 1190 g/mol. The molecule has 2 atom stereocenters. The number of aromatic nitrogens is 2. The number of allylic oxidation sites excluding steroid dienone is 4. The fourth-order valence-electron chi connectivity index (χ4n) is 4.85. The molecule has 3 rings (SSSR count). The van der Waals surface area contributed by atoms with E-state index in [0.29, 0.717) is 0 Å². The van der Waals surface area contributed by atoms with E-state index >= 15 is 8.78 Å². The molecule has 1 aromatic heterocycles. The highest BCUT2D eigenvalue weighted by Crippen LogP contribution is 2.66. The second-order valence-electron chi connectivity index (χ2n) is 13.5. The molecule has 0 fully saturated rings. The normalized spacial score (nSPS) is 22.0. The molecule has 0 radical (unpaired) electrons. The smallest absolute Gasteiger partial charge is 0.252 e. The summed E-state index contributed by atoms with van der Waals surface area (Å²) in [6.07, 6.45) is -36.8. The van der Waals surface area contributed by atoms with Gasteiger partial charge in [-0.15, -0.1) is 0 Å². The SMILES string of the molecule is FC1=C(F)N(OC(F)(F)C(F)(F)C(F)(F)C(F)(F)C(F)(F)C(F)(F)C(F)(F)F)C(F)(c2cnc(C3(F)C(F)=C(F)C(F)=C(F)N3OC(F)(F)C(F)(F)C(F)(F)C(F)(F)C(F)(F)C(F)(F)C(F)(F)F)cn2)C(F)=C1F. The van der Waals surface area contributed by atoms with E-state index in [1.807, 2.05) is 9.97 Å². The van der Waals surface area contributed by atoms with Crippen molar-refractivity contribution in [1.29, 1.82) is 0 Å². The lowest BCUT2D eigenvalue weighted by atomic mass is 9.93. The number of hydroxylamine groups is 4. The van der Waals surface area contributed by atoms with Crippen molar-refractivity contribution in [3.8, 4) is 0 Å². The Morgan fingerprint density at radius 1 is 0.311 bits per heavy atom. The Hall–Kier alpha value is -5.24. The van der Waals surface area contributed by atoms with E-state index in [-0.39, 0.29) is 0 Å². The Morgan fingerprint density at radius 2 is 0.514 bits per heavy atom. The van der Waals surface area contributed by atoms with Gasteiger partial charge in [0.05, 0.1) is 12.4 Å². The second kappa shape index (κ2) is 17.1. The van der Waals surface area contributed by atoms with E-state index in [1.165, 1.54) is 0 Å². The highest BCUT2D eigenvalue weighted by atomic mass is 19.4. The van der Waals surface area contributed by atoms with Gasteiger partial charge in [0.25, 0.3) is 11.9 Å². The van der Waals surface area contributed by atoms with Crippen molar-refractivity contribution in [2.75, 3.05) is 0 Å². The van der Waals surface area contributed by atoms with Gasteiger partial charge in [0.15, 0.2) is 0 Å². The third-order valence-electron chi connectivity index (χ3n) is 8.97. The van der Waals surface area contributed by atoms with E-state index in [2.05, 4.69) is 9.68 Å². The van der Waals surface area contributed by atoms with Crippen LogP contribution in [0.25, 0.3) is 0 Å². The molecule has 2 aliphatic rings. The highest BCUT2D eigenvalue weighted by molar-refractivity contribution is 5.40. The van der Waals surface area contributed by atoms with Crippen LogP contribution >= 0.6 is 0 Å². The van der Waals surface area contributed by atoms with Gasteiger partial charge in [-0.3, -0.25) is 9.97 Å². The molecule has 6 nitrogen and oxygen atoms in total. The summed E-state index contributed by atoms with van der Waals surface area (Å²) in [4.78, 5) is 8.00. The molecule has 2 aliphatic heterocycles. The van der Waals surface area contributed by atoms with E-state index in [0.717, 1.165) is 0 Å². The van der Waals surface area contributed by atoms with Crippen molar-refractivity contribution >= 4 is 0 Å². The zero-order valence-corrected chi connectivity index (χ0v) is 31.9. The zero-order valence-electron chi connectivity index (χ0n) is 31.9. The predicted molar refractivity (Wildman–Crippen MR) is 142 cm³/mol. The Morgan fingerprint density at radius 3 is 0.716 bits per heavy atom. The number of rotatable bonds is 16. The molecule has 0 N–H and O–H groups in total. The van der Waals surface area contributed by atoms with Crippen LogP contribution in [-0.2, 0) is 21.3 Å². The average Bonchev–Trinajstić information content (AvgIpc) is 3.25. The van der Waals surface area contributed by atoms with Gasteiger partial charge in [-0.1, -0.05) is 0 Å². The van der Waals surface area contributed by atoms with Crippen molar-refractivity contribution in [2.24, 2.45) is 0 Å². The van der Waals surface area contributed by atoms with Gasteiger partial charge in [-0.25, -0.2) is 26.3 Å². The summed E-state index contributed by atoms with van der Waals surface area (Å²) in [6.45, 7) is 0. The van der Waals surface area contributed by atoms with Crippen molar-refractivity contribution in [3.05, 3.63) is 70.6 Å². The number of alkyl halides is 32. The monoisotopic (exact) mass is 1190 g/mol. The molecule has 3 heterocycles. The third-order valence-corrected chi connectivity index (χ3v) is 8.97. The summed E-state index contributed by atoms with van der Waals surface area (Å²) in [5, 5.41) is -6.53. The molecular weight excluding hydrogens is 1180 g/mol. The summed E-state index contributed by atoms with van der Waals surface area (Å²) in [6, 6.07) is 0. The van der Waals surface area contributed by atoms with Gasteiger partial charge >= 0.3 is 95.4 Å². The Labute approximate surface area is 372 Å². The zero-order chi connectivity index (χ0) is 59.2. The van der Waals surface area contributed by atoms with E-state index < -0.39 is 176 Å². The minimum atomic E-state index is -9.31. The Kier molecular flexibility index (Phi) is 14.6. The first kappa shape index (κ1) is 63.1. The van der Waals surface area contributed by atoms with Gasteiger partial charge in [0.1, 0.15) is 11.4 Å². The molecule has 0 aromatic carbocycles. The van der Waals surface area contributed by atoms with Crippen molar-refractivity contribution in [1.82, 2.24) is 20.1 Å². The lowest BCUT2D eigenvalue weighted by Crippen LogP contribution is -2.73. The Balaban J connectivity index is 2.29. The van der Waals surface area contributed by atoms with Crippen LogP contribution in [0.4, 0.5) is 176 Å². The molecule has 0 amide bonds. The van der Waals surface area contributed by atoms with Crippen molar-refractivity contribution in [3.63, 3.8) is 0 Å². The number of nitrogens with zero attached hydrogens (tertiary/aromatic N) is 4. The lowest BCUT2D eigenvalue weighted by molar-refractivity contribution is -0.502. The van der Waals surface area contributed by atoms with Crippen LogP contribution in [-0.4, -0.2) is 104 Å². The number of halogens is 40. The van der Waals surface area contributed by atoms with Crippen LogP contribution < -0.4 is 0 Å². The molecule has 2 unspecified atom stereocenters. The second-order valence-corrected chi connectivity index (χ2v) is 13.5. The molecule has 0 bridgehead atoms.